The Morgan fingerprint density at radius 2 is 1.90 bits per heavy atom. The lowest BCUT2D eigenvalue weighted by molar-refractivity contribution is 0.212. The molecule has 0 aliphatic rings. The van der Waals surface area contributed by atoms with Crippen LogP contribution >= 0.6 is 0 Å². The summed E-state index contributed by atoms with van der Waals surface area (Å²) in [4.78, 5) is 0. The molecule has 0 heterocycles. The number of aryl methyl sites for hydroxylation is 2. The fraction of sp³-hybridized carbons (Fsp3) is 0.294. The van der Waals surface area contributed by atoms with Crippen LogP contribution in [0.15, 0.2) is 36.4 Å². The predicted molar refractivity (Wildman–Crippen MR) is 79.5 cm³/mol. The molecule has 0 aliphatic carbocycles. The highest BCUT2D eigenvalue weighted by atomic mass is 19.1. The van der Waals surface area contributed by atoms with E-state index in [0.29, 0.717) is 6.54 Å². The molecule has 0 spiro atoms. The van der Waals surface area contributed by atoms with Gasteiger partial charge >= 0.3 is 0 Å². The number of halogens is 1. The van der Waals surface area contributed by atoms with Gasteiger partial charge in [-0.25, -0.2) is 4.39 Å². The second kappa shape index (κ2) is 6.06. The van der Waals surface area contributed by atoms with Gasteiger partial charge in [-0.05, 0) is 61.2 Å². The lowest BCUT2D eigenvalue weighted by atomic mass is 10.0. The Labute approximate surface area is 119 Å². The largest absolute Gasteiger partial charge is 0.484 e. The first kappa shape index (κ1) is 14.5. The van der Waals surface area contributed by atoms with Crippen LogP contribution in [-0.2, 0) is 0 Å². The molecule has 2 aromatic rings. The summed E-state index contributed by atoms with van der Waals surface area (Å²) >= 11 is 0. The minimum atomic E-state index is -0.342. The Kier molecular flexibility index (Phi) is 4.40. The lowest BCUT2D eigenvalue weighted by Crippen LogP contribution is -2.19. The molecule has 2 N–H and O–H groups in total. The highest BCUT2D eigenvalue weighted by Crippen LogP contribution is 2.28. The van der Waals surface area contributed by atoms with Gasteiger partial charge in [-0.15, -0.1) is 0 Å². The molecule has 0 bridgehead atoms. The van der Waals surface area contributed by atoms with Crippen molar-refractivity contribution in [1.29, 1.82) is 0 Å². The van der Waals surface area contributed by atoms with E-state index in [1.807, 2.05) is 26.0 Å². The zero-order valence-electron chi connectivity index (χ0n) is 12.1. The topological polar surface area (TPSA) is 35.2 Å². The van der Waals surface area contributed by atoms with Crippen molar-refractivity contribution in [2.45, 2.75) is 26.9 Å². The summed E-state index contributed by atoms with van der Waals surface area (Å²) in [6.07, 6.45) is -0.342. The summed E-state index contributed by atoms with van der Waals surface area (Å²) in [6, 6.07) is 10.5. The van der Waals surface area contributed by atoms with Crippen molar-refractivity contribution in [2.75, 3.05) is 6.54 Å². The SMILES string of the molecule is Cc1cc(C)c(C)c(OC(CN)c2cccc(F)c2)c1. The summed E-state index contributed by atoms with van der Waals surface area (Å²) < 4.78 is 19.3. The van der Waals surface area contributed by atoms with E-state index in [1.54, 1.807) is 6.07 Å². The molecular weight excluding hydrogens is 253 g/mol. The molecule has 0 aromatic heterocycles. The van der Waals surface area contributed by atoms with Crippen LogP contribution in [0, 0.1) is 26.6 Å². The number of hydrogen-bond acceptors (Lipinski definition) is 2. The molecule has 3 heteroatoms. The molecule has 0 fully saturated rings. The number of ether oxygens (including phenoxy) is 1. The van der Waals surface area contributed by atoms with Gasteiger partial charge in [-0.3, -0.25) is 0 Å². The smallest absolute Gasteiger partial charge is 0.136 e. The number of hydrogen-bond donors (Lipinski definition) is 1. The Morgan fingerprint density at radius 1 is 1.15 bits per heavy atom. The summed E-state index contributed by atoms with van der Waals surface area (Å²) in [6.45, 7) is 6.40. The van der Waals surface area contributed by atoms with Gasteiger partial charge in [0.25, 0.3) is 0 Å². The third kappa shape index (κ3) is 3.17. The quantitative estimate of drug-likeness (QED) is 0.918. The Balaban J connectivity index is 2.31. The molecule has 0 aliphatic heterocycles. The van der Waals surface area contributed by atoms with E-state index in [-0.39, 0.29) is 11.9 Å². The van der Waals surface area contributed by atoms with Crippen LogP contribution in [0.1, 0.15) is 28.4 Å². The molecular formula is C17H20FNO. The van der Waals surface area contributed by atoms with E-state index in [0.717, 1.165) is 22.4 Å². The number of nitrogens with two attached hydrogens (primary N) is 1. The summed E-state index contributed by atoms with van der Waals surface area (Å²) in [5.74, 6) is 0.531. The van der Waals surface area contributed by atoms with Crippen LogP contribution in [0.25, 0.3) is 0 Å². The molecule has 1 unspecified atom stereocenters. The van der Waals surface area contributed by atoms with E-state index < -0.39 is 0 Å². The van der Waals surface area contributed by atoms with Gasteiger partial charge in [-0.1, -0.05) is 18.2 Å². The third-order valence-corrected chi connectivity index (χ3v) is 3.47. The summed E-state index contributed by atoms with van der Waals surface area (Å²) in [7, 11) is 0. The van der Waals surface area contributed by atoms with Gasteiger partial charge < -0.3 is 10.5 Å². The van der Waals surface area contributed by atoms with Crippen LogP contribution in [0.2, 0.25) is 0 Å². The maximum absolute atomic E-state index is 13.3. The molecule has 0 radical (unpaired) electrons. The lowest BCUT2D eigenvalue weighted by Gasteiger charge is -2.20. The van der Waals surface area contributed by atoms with Crippen LogP contribution in [0.5, 0.6) is 5.75 Å². The fourth-order valence-corrected chi connectivity index (χ4v) is 2.24. The molecule has 0 amide bonds. The number of benzene rings is 2. The fourth-order valence-electron chi connectivity index (χ4n) is 2.24. The van der Waals surface area contributed by atoms with Crippen molar-refractivity contribution in [3.05, 3.63) is 64.5 Å². The summed E-state index contributed by atoms with van der Waals surface area (Å²) in [5.41, 5.74) is 9.94. The molecule has 2 nitrogen and oxygen atoms in total. The second-order valence-electron chi connectivity index (χ2n) is 5.10. The Hall–Kier alpha value is -1.87. The van der Waals surface area contributed by atoms with Crippen molar-refractivity contribution < 1.29 is 9.13 Å². The standard InChI is InChI=1S/C17H20FNO/c1-11-7-12(2)13(3)16(8-11)20-17(10-19)14-5-4-6-15(18)9-14/h4-9,17H,10,19H2,1-3H3. The highest BCUT2D eigenvalue weighted by Gasteiger charge is 2.14. The van der Waals surface area contributed by atoms with E-state index in [1.165, 1.54) is 17.7 Å². The average molecular weight is 273 g/mol. The van der Waals surface area contributed by atoms with E-state index >= 15 is 0 Å². The molecule has 1 atom stereocenters. The van der Waals surface area contributed by atoms with Crippen molar-refractivity contribution >= 4 is 0 Å². The van der Waals surface area contributed by atoms with Crippen molar-refractivity contribution in [3.8, 4) is 5.75 Å². The van der Waals surface area contributed by atoms with Crippen molar-refractivity contribution in [2.24, 2.45) is 5.73 Å². The molecule has 0 saturated heterocycles. The third-order valence-electron chi connectivity index (χ3n) is 3.47. The Morgan fingerprint density at radius 3 is 2.55 bits per heavy atom. The predicted octanol–water partition coefficient (Wildman–Crippen LogP) is 3.83. The minimum Gasteiger partial charge on any atom is -0.484 e. The van der Waals surface area contributed by atoms with Gasteiger partial charge in [0, 0.05) is 6.54 Å². The van der Waals surface area contributed by atoms with Gasteiger partial charge in [0.1, 0.15) is 17.7 Å². The van der Waals surface area contributed by atoms with Gasteiger partial charge in [-0.2, -0.15) is 0 Å². The summed E-state index contributed by atoms with van der Waals surface area (Å²) in [5, 5.41) is 0. The normalized spacial score (nSPS) is 12.2. The van der Waals surface area contributed by atoms with Crippen molar-refractivity contribution in [3.63, 3.8) is 0 Å². The molecule has 2 rings (SSSR count). The monoisotopic (exact) mass is 273 g/mol. The van der Waals surface area contributed by atoms with Crippen LogP contribution in [0.3, 0.4) is 0 Å². The second-order valence-corrected chi connectivity index (χ2v) is 5.10. The van der Waals surface area contributed by atoms with Crippen LogP contribution in [0.4, 0.5) is 4.39 Å². The maximum atomic E-state index is 13.3. The zero-order chi connectivity index (χ0) is 14.7. The van der Waals surface area contributed by atoms with E-state index in [9.17, 15) is 4.39 Å². The van der Waals surface area contributed by atoms with Gasteiger partial charge in [0.15, 0.2) is 0 Å². The van der Waals surface area contributed by atoms with Gasteiger partial charge in [0.2, 0.25) is 0 Å². The highest BCUT2D eigenvalue weighted by molar-refractivity contribution is 5.42. The average Bonchev–Trinajstić information content (AvgIpc) is 2.41. The van der Waals surface area contributed by atoms with Crippen molar-refractivity contribution in [1.82, 2.24) is 0 Å². The first-order chi connectivity index (χ1) is 9.51. The van der Waals surface area contributed by atoms with E-state index in [4.69, 9.17) is 10.5 Å². The van der Waals surface area contributed by atoms with Crippen LogP contribution in [-0.4, -0.2) is 6.54 Å². The molecule has 2 aromatic carbocycles. The first-order valence-electron chi connectivity index (χ1n) is 6.71. The molecule has 0 saturated carbocycles. The first-order valence-corrected chi connectivity index (χ1v) is 6.71. The van der Waals surface area contributed by atoms with Crippen LogP contribution < -0.4 is 10.5 Å². The maximum Gasteiger partial charge on any atom is 0.136 e. The van der Waals surface area contributed by atoms with Gasteiger partial charge in [0.05, 0.1) is 0 Å². The minimum absolute atomic E-state index is 0.276. The van der Waals surface area contributed by atoms with E-state index in [2.05, 4.69) is 13.0 Å². The molecule has 106 valence electrons. The molecule has 20 heavy (non-hydrogen) atoms. The number of rotatable bonds is 4. The Bertz CT molecular complexity index is 610. The zero-order valence-corrected chi connectivity index (χ0v) is 12.1.